The first-order valence-electron chi connectivity index (χ1n) is 0.974. The third kappa shape index (κ3) is 4.43. The highest BCUT2D eigenvalue weighted by molar-refractivity contribution is 4.51. The molecule has 5 heavy (non-hydrogen) atoms. The summed E-state index contributed by atoms with van der Waals surface area (Å²) in [6.07, 6.45) is 0. The van der Waals surface area contributed by atoms with Crippen LogP contribution < -0.4 is 0 Å². The third-order valence-corrected chi connectivity index (χ3v) is 0. The van der Waals surface area contributed by atoms with Crippen molar-refractivity contribution in [1.29, 1.82) is 16.3 Å². The van der Waals surface area contributed by atoms with Crippen molar-refractivity contribution in [3.8, 4) is 6.07 Å². The molecular weight excluding hydrogens is 66.0 g/mol. The summed E-state index contributed by atoms with van der Waals surface area (Å²) in [6.45, 7) is 1.43. The van der Waals surface area contributed by atoms with Gasteiger partial charge in [-0.2, -0.15) is 5.26 Å². The molecule has 0 saturated heterocycles. The molecule has 0 aliphatic heterocycles. The second-order valence-electron chi connectivity index (χ2n) is 0.224. The lowest BCUT2D eigenvalue weighted by Gasteiger charge is -1.15. The Balaban J connectivity index is 0. The molecule has 0 atom stereocenters. The highest BCUT2D eigenvalue weighted by atomic mass is 14.7. The van der Waals surface area contributed by atoms with Gasteiger partial charge in [0.05, 0.1) is 6.07 Å². The maximum atomic E-state index is 7.32. The third-order valence-electron chi connectivity index (χ3n) is 0. The Kier molecular flexibility index (Phi) is 2980. The topological polar surface area (TPSA) is 71.5 Å². The molecule has 0 fully saturated rings. The summed E-state index contributed by atoms with van der Waals surface area (Å²) in [5.41, 5.74) is 10.0. The molecule has 0 saturated carbocycles. The van der Waals surface area contributed by atoms with Crippen molar-refractivity contribution in [2.45, 2.75) is 6.92 Å². The first-order chi connectivity index (χ1) is 2.41. The molecule has 2 N–H and O–H groups in total. The van der Waals surface area contributed by atoms with E-state index in [0.29, 0.717) is 0 Å². The average molecular weight is 71.1 g/mol. The predicted octanol–water partition coefficient (Wildman–Crippen LogP) is 1.13. The fourth-order valence-corrected chi connectivity index (χ4v) is 0. The predicted molar refractivity (Wildman–Crippen MR) is 16.7 cm³/mol. The Bertz CT molecular complexity index is 34.6. The van der Waals surface area contributed by atoms with Crippen molar-refractivity contribution in [2.24, 2.45) is 0 Å². The van der Waals surface area contributed by atoms with Gasteiger partial charge in [-0.25, -0.2) is 11.1 Å². The number of hydrogen-bond donors (Lipinski definition) is 2. The van der Waals surface area contributed by atoms with Crippen molar-refractivity contribution in [2.75, 3.05) is 0 Å². The maximum Gasteiger partial charge on any atom is 0.0587 e. The van der Waals surface area contributed by atoms with Crippen LogP contribution in [0, 0.1) is 22.4 Å². The number of hydrogen-bond acceptors (Lipinski definition) is 3. The largest absolute Gasteiger partial charge is 0.213 e. The van der Waals surface area contributed by atoms with Gasteiger partial charge in [-0.1, -0.05) is 0 Å². The molecule has 3 nitrogen and oxygen atoms in total. The van der Waals surface area contributed by atoms with Gasteiger partial charge in [0.25, 0.3) is 0 Å². The minimum Gasteiger partial charge on any atom is -0.213 e. The van der Waals surface area contributed by atoms with E-state index < -0.39 is 0 Å². The van der Waals surface area contributed by atoms with Crippen molar-refractivity contribution in [3.63, 3.8) is 0 Å². The van der Waals surface area contributed by atoms with Crippen molar-refractivity contribution >= 4 is 0 Å². The van der Waals surface area contributed by atoms with Crippen molar-refractivity contribution in [3.05, 3.63) is 0 Å². The summed E-state index contributed by atoms with van der Waals surface area (Å²) in [6, 6.07) is 1.75. The van der Waals surface area contributed by atoms with E-state index in [-0.39, 0.29) is 0 Å². The van der Waals surface area contributed by atoms with Gasteiger partial charge in [-0.05, 0) is 0 Å². The number of rotatable bonds is 0. The van der Waals surface area contributed by atoms with Crippen LogP contribution in [-0.2, 0) is 0 Å². The summed E-state index contributed by atoms with van der Waals surface area (Å²) in [5.74, 6) is 0. The highest BCUT2D eigenvalue weighted by Gasteiger charge is 1.17. The van der Waals surface area contributed by atoms with E-state index >= 15 is 0 Å². The van der Waals surface area contributed by atoms with Gasteiger partial charge in [0.2, 0.25) is 0 Å². The zero-order valence-corrected chi connectivity index (χ0v) is 2.95. The summed E-state index contributed by atoms with van der Waals surface area (Å²) in [7, 11) is 0. The lowest BCUT2D eigenvalue weighted by atomic mass is 11.0. The Labute approximate surface area is 30.5 Å². The minimum atomic E-state index is 1.43. The zero-order chi connectivity index (χ0) is 4.71. The van der Waals surface area contributed by atoms with Crippen LogP contribution in [0.15, 0.2) is 0 Å². The van der Waals surface area contributed by atoms with Gasteiger partial charge in [-0.3, -0.25) is 0 Å². The lowest BCUT2D eigenvalue weighted by molar-refractivity contribution is 1.05. The highest BCUT2D eigenvalue weighted by Crippen LogP contribution is 1.21. The van der Waals surface area contributed by atoms with Crippen LogP contribution in [0.1, 0.15) is 6.92 Å². The van der Waals surface area contributed by atoms with Crippen LogP contribution in [0.5, 0.6) is 0 Å². The summed E-state index contributed by atoms with van der Waals surface area (Å²) in [4.78, 5) is 0. The second-order valence-corrected chi connectivity index (χ2v) is 0.224. The first-order valence-corrected chi connectivity index (χ1v) is 0.974. The molecule has 3 heteroatoms. The number of nitrogens with zero attached hydrogens (tertiary/aromatic N) is 1. The molecule has 0 spiro atoms. The van der Waals surface area contributed by atoms with Gasteiger partial charge in [0.1, 0.15) is 0 Å². The van der Waals surface area contributed by atoms with Crippen LogP contribution in [-0.4, -0.2) is 0 Å². The van der Waals surface area contributed by atoms with Crippen molar-refractivity contribution in [1.82, 2.24) is 0 Å². The fourth-order valence-electron chi connectivity index (χ4n) is 0. The number of nitrogens with one attached hydrogen (secondary N) is 2. The lowest BCUT2D eigenvalue weighted by Crippen LogP contribution is -1.10. The van der Waals surface area contributed by atoms with E-state index in [1.807, 2.05) is 0 Å². The van der Waals surface area contributed by atoms with Crippen LogP contribution in [0.2, 0.25) is 0 Å². The minimum absolute atomic E-state index is 1.43. The Hall–Kier alpha value is -0.910. The molecule has 0 aliphatic rings. The zero-order valence-electron chi connectivity index (χ0n) is 2.95. The van der Waals surface area contributed by atoms with Gasteiger partial charge < -0.3 is 0 Å². The molecular formula is C2H5N3. The van der Waals surface area contributed by atoms with Gasteiger partial charge in [0.15, 0.2) is 0 Å². The Morgan fingerprint density at radius 3 is 1.60 bits per heavy atom. The van der Waals surface area contributed by atoms with E-state index in [2.05, 4.69) is 0 Å². The van der Waals surface area contributed by atoms with E-state index in [0.717, 1.165) is 0 Å². The molecule has 0 radical (unpaired) electrons. The van der Waals surface area contributed by atoms with Crippen LogP contribution in [0.3, 0.4) is 0 Å². The van der Waals surface area contributed by atoms with Crippen LogP contribution >= 0.6 is 0 Å². The molecule has 0 aromatic rings. The smallest absolute Gasteiger partial charge is 0.0587 e. The molecule has 0 unspecified atom stereocenters. The van der Waals surface area contributed by atoms with Gasteiger partial charge in [0, 0.05) is 6.92 Å². The molecule has 0 aromatic carbocycles. The first kappa shape index (κ1) is 8.94. The molecule has 0 bridgehead atoms. The second kappa shape index (κ2) is 1670. The molecule has 0 heterocycles. The fraction of sp³-hybridized carbons (Fsp3) is 0.500. The Morgan fingerprint density at radius 2 is 1.60 bits per heavy atom. The maximum absolute atomic E-state index is 7.32. The van der Waals surface area contributed by atoms with Gasteiger partial charge in [-0.15, -0.1) is 0 Å². The van der Waals surface area contributed by atoms with Gasteiger partial charge >= 0.3 is 0 Å². The van der Waals surface area contributed by atoms with E-state index in [4.69, 9.17) is 16.3 Å². The molecule has 0 amide bonds. The summed E-state index contributed by atoms with van der Waals surface area (Å²) < 4.78 is 0. The van der Waals surface area contributed by atoms with E-state index in [9.17, 15) is 0 Å². The van der Waals surface area contributed by atoms with E-state index in [1.54, 1.807) is 6.07 Å². The summed E-state index contributed by atoms with van der Waals surface area (Å²) >= 11 is 0. The standard InChI is InChI=1S/C2H3N.H2N2/c1-2-3;1-2/h1H3;1-2H. The van der Waals surface area contributed by atoms with Crippen LogP contribution in [0.4, 0.5) is 0 Å². The summed E-state index contributed by atoms with van der Waals surface area (Å²) in [5, 5.41) is 7.32. The SMILES string of the molecule is CC#N.N=N. The number of nitriles is 1. The average Bonchev–Trinajstić information content (AvgIpc) is 1.46. The van der Waals surface area contributed by atoms with Crippen LogP contribution in [0.25, 0.3) is 0 Å². The molecule has 0 rings (SSSR count). The molecule has 0 aliphatic carbocycles. The quantitative estimate of drug-likeness (QED) is 0.413. The monoisotopic (exact) mass is 71.0 g/mol. The van der Waals surface area contributed by atoms with Crippen molar-refractivity contribution < 1.29 is 0 Å². The normalized spacial score (nSPS) is 2.40. The molecule has 0 aromatic heterocycles. The van der Waals surface area contributed by atoms with E-state index in [1.165, 1.54) is 6.92 Å². The molecule has 28 valence electrons. The Morgan fingerprint density at radius 1 is 1.60 bits per heavy atom.